The molecule has 0 bridgehead atoms. The van der Waals surface area contributed by atoms with Gasteiger partial charge in [-0.05, 0) is 80.1 Å². The highest BCUT2D eigenvalue weighted by atomic mass is 35.5. The number of hydrogen-bond donors (Lipinski definition) is 2. The number of likely N-dealkylation sites (tertiary alicyclic amines) is 1. The molecule has 1 heterocycles. The molecular weight excluding hydrogens is 310 g/mol. The molecule has 0 aromatic rings. The van der Waals surface area contributed by atoms with Crippen LogP contribution in [0, 0.1) is 28.6 Å². The number of nitrogens with zero attached hydrogens (tertiary/aromatic N) is 1. The Hall–Kier alpha value is 0.170. The first-order chi connectivity index (χ1) is 10.5. The van der Waals surface area contributed by atoms with Crippen molar-refractivity contribution in [3.05, 3.63) is 0 Å². The van der Waals surface area contributed by atoms with Crippen molar-refractivity contribution in [3.63, 3.8) is 0 Å². The molecule has 0 amide bonds. The lowest BCUT2D eigenvalue weighted by atomic mass is 9.49. The highest BCUT2D eigenvalue weighted by Crippen LogP contribution is 2.64. The van der Waals surface area contributed by atoms with Gasteiger partial charge in [0.1, 0.15) is 0 Å². The maximum Gasteiger partial charge on any atom is 0.0596 e. The van der Waals surface area contributed by atoms with Gasteiger partial charge in [0.05, 0.1) is 12.7 Å². The minimum absolute atomic E-state index is 0. The summed E-state index contributed by atoms with van der Waals surface area (Å²) in [6.45, 7) is 7.24. The number of hydrogen-bond acceptors (Lipinski definition) is 3. The Kier molecular flexibility index (Phi) is 4.81. The molecule has 4 heteroatoms. The van der Waals surface area contributed by atoms with E-state index in [1.807, 2.05) is 0 Å². The van der Waals surface area contributed by atoms with Gasteiger partial charge >= 0.3 is 0 Å². The molecule has 0 spiro atoms. The zero-order valence-electron chi connectivity index (χ0n) is 14.7. The minimum Gasteiger partial charge on any atom is -1.00 e. The second kappa shape index (κ2) is 6.16. The molecule has 2 N–H and O–H groups in total. The maximum atomic E-state index is 10.5. The second-order valence-corrected chi connectivity index (χ2v) is 9.12. The van der Waals surface area contributed by atoms with Gasteiger partial charge in [0.2, 0.25) is 0 Å². The van der Waals surface area contributed by atoms with Crippen LogP contribution in [0.4, 0.5) is 0 Å². The maximum absolute atomic E-state index is 10.5. The highest BCUT2D eigenvalue weighted by Gasteiger charge is 2.61. The lowest BCUT2D eigenvalue weighted by Crippen LogP contribution is -3.00. The van der Waals surface area contributed by atoms with Crippen LogP contribution in [0.25, 0.3) is 0 Å². The molecule has 0 aromatic heterocycles. The molecule has 4 rings (SSSR count). The average molecular weight is 343 g/mol. The molecule has 4 aliphatic rings. The fourth-order valence-electron chi connectivity index (χ4n) is 7.30. The molecule has 3 aliphatic carbocycles. The van der Waals surface area contributed by atoms with Crippen LogP contribution in [0.3, 0.4) is 0 Å². The lowest BCUT2D eigenvalue weighted by molar-refractivity contribution is -0.0980. The van der Waals surface area contributed by atoms with Crippen LogP contribution in [0.2, 0.25) is 0 Å². The van der Waals surface area contributed by atoms with Crippen molar-refractivity contribution < 1.29 is 22.6 Å². The van der Waals surface area contributed by atoms with E-state index in [9.17, 15) is 10.2 Å². The first-order valence-corrected chi connectivity index (χ1v) is 9.53. The first-order valence-electron chi connectivity index (χ1n) is 9.53. The van der Waals surface area contributed by atoms with Crippen molar-refractivity contribution in [2.45, 2.75) is 70.9 Å². The number of halogens is 1. The normalized spacial score (nSPS) is 52.4. The molecule has 0 aromatic carbocycles. The Balaban J connectivity index is 0.00000156. The Morgan fingerprint density at radius 1 is 0.957 bits per heavy atom. The molecule has 4 fully saturated rings. The van der Waals surface area contributed by atoms with Crippen molar-refractivity contribution in [3.8, 4) is 0 Å². The average Bonchev–Trinajstić information content (AvgIpc) is 2.98. The number of aliphatic hydroxyl groups is 2. The van der Waals surface area contributed by atoms with Gasteiger partial charge in [-0.25, -0.2) is 0 Å². The second-order valence-electron chi connectivity index (χ2n) is 9.12. The fourth-order valence-corrected chi connectivity index (χ4v) is 7.30. The zero-order valence-corrected chi connectivity index (χ0v) is 15.4. The van der Waals surface area contributed by atoms with E-state index in [1.54, 1.807) is 0 Å². The summed E-state index contributed by atoms with van der Waals surface area (Å²) < 4.78 is 0. The largest absolute Gasteiger partial charge is 1.00 e. The van der Waals surface area contributed by atoms with Crippen molar-refractivity contribution in [1.82, 2.24) is 4.90 Å². The van der Waals surface area contributed by atoms with E-state index in [1.165, 1.54) is 45.1 Å². The molecule has 23 heavy (non-hydrogen) atoms. The summed E-state index contributed by atoms with van der Waals surface area (Å²) >= 11 is 0. The predicted octanol–water partition coefficient (Wildman–Crippen LogP) is -0.339. The smallest absolute Gasteiger partial charge is 0.0596 e. The molecule has 3 saturated carbocycles. The molecular formula is C19H33ClNO2-. The van der Waals surface area contributed by atoms with E-state index in [-0.39, 0.29) is 23.9 Å². The summed E-state index contributed by atoms with van der Waals surface area (Å²) in [4.78, 5) is 2.56. The monoisotopic (exact) mass is 342 g/mol. The quantitative estimate of drug-likeness (QED) is 0.721. The van der Waals surface area contributed by atoms with E-state index < -0.39 is 0 Å². The molecule has 7 atom stereocenters. The summed E-state index contributed by atoms with van der Waals surface area (Å²) in [7, 11) is 0. The van der Waals surface area contributed by atoms with Gasteiger partial charge in [-0.3, -0.25) is 4.90 Å². The first kappa shape index (κ1) is 18.0. The van der Waals surface area contributed by atoms with Crippen LogP contribution in [-0.4, -0.2) is 47.0 Å². The number of fused-ring (bicyclic) bond motifs is 5. The van der Waals surface area contributed by atoms with Gasteiger partial charge < -0.3 is 22.6 Å². The molecule has 1 aliphatic heterocycles. The van der Waals surface area contributed by atoms with E-state index >= 15 is 0 Å². The number of aliphatic hydroxyl groups excluding tert-OH is 2. The van der Waals surface area contributed by atoms with Crippen molar-refractivity contribution in [1.29, 1.82) is 0 Å². The van der Waals surface area contributed by atoms with E-state index in [0.717, 1.165) is 30.7 Å². The molecule has 134 valence electrons. The van der Waals surface area contributed by atoms with E-state index in [2.05, 4.69) is 18.7 Å². The summed E-state index contributed by atoms with van der Waals surface area (Å²) in [6, 6.07) is 0.691. The van der Waals surface area contributed by atoms with Crippen molar-refractivity contribution in [2.75, 3.05) is 19.7 Å². The predicted molar refractivity (Wildman–Crippen MR) is 87.5 cm³/mol. The molecule has 7 unspecified atom stereocenters. The van der Waals surface area contributed by atoms with Crippen LogP contribution in [0.15, 0.2) is 0 Å². The van der Waals surface area contributed by atoms with Crippen LogP contribution in [0.1, 0.15) is 58.8 Å². The van der Waals surface area contributed by atoms with Gasteiger partial charge in [0, 0.05) is 12.6 Å². The summed E-state index contributed by atoms with van der Waals surface area (Å²) in [5, 5.41) is 19.9. The van der Waals surface area contributed by atoms with Crippen LogP contribution in [-0.2, 0) is 0 Å². The molecule has 3 nitrogen and oxygen atoms in total. The van der Waals surface area contributed by atoms with Crippen LogP contribution < -0.4 is 12.4 Å². The summed E-state index contributed by atoms with van der Waals surface area (Å²) in [6.07, 6.45) is 8.72. The SMILES string of the molecule is CC12CCC3C(CCC4N(CCO)CCC34C)C1CCC2O.[Cl-]. The topological polar surface area (TPSA) is 43.7 Å². The zero-order chi connectivity index (χ0) is 15.5. The van der Waals surface area contributed by atoms with Crippen molar-refractivity contribution >= 4 is 0 Å². The van der Waals surface area contributed by atoms with Crippen LogP contribution >= 0.6 is 0 Å². The third kappa shape index (κ3) is 2.41. The molecule has 1 saturated heterocycles. The Morgan fingerprint density at radius 2 is 1.70 bits per heavy atom. The van der Waals surface area contributed by atoms with Gasteiger partial charge in [0.25, 0.3) is 0 Å². The fraction of sp³-hybridized carbons (Fsp3) is 1.00. The Bertz CT molecular complexity index is 447. The number of β-amino-alcohol motifs (C(OH)–C–C–N with tert-alkyl or cyclic N) is 1. The van der Waals surface area contributed by atoms with E-state index in [4.69, 9.17) is 0 Å². The number of rotatable bonds is 2. The van der Waals surface area contributed by atoms with Gasteiger partial charge in [-0.1, -0.05) is 13.8 Å². The molecule has 0 radical (unpaired) electrons. The summed E-state index contributed by atoms with van der Waals surface area (Å²) in [5.74, 6) is 2.44. The lowest BCUT2D eigenvalue weighted by Gasteiger charge is -2.57. The van der Waals surface area contributed by atoms with Crippen LogP contribution in [0.5, 0.6) is 0 Å². The standard InChI is InChI=1S/C19H33NO2.ClH/c1-18-9-10-20(11-12-21)16(18)5-3-13-14-4-6-17(22)19(14,2)8-7-15(13)18;/h13-17,21-22H,3-12H2,1-2H3;1H/p-1. The Morgan fingerprint density at radius 3 is 2.43 bits per heavy atom. The third-order valence-electron chi connectivity index (χ3n) is 8.53. The van der Waals surface area contributed by atoms with Crippen molar-refractivity contribution in [2.24, 2.45) is 28.6 Å². The highest BCUT2D eigenvalue weighted by molar-refractivity contribution is 5.11. The third-order valence-corrected chi connectivity index (χ3v) is 8.53. The summed E-state index contributed by atoms with van der Waals surface area (Å²) in [5.41, 5.74) is 0.653. The van der Waals surface area contributed by atoms with Gasteiger partial charge in [0.15, 0.2) is 0 Å². The van der Waals surface area contributed by atoms with E-state index in [0.29, 0.717) is 18.1 Å². The Labute approximate surface area is 147 Å². The van der Waals surface area contributed by atoms with Gasteiger partial charge in [-0.2, -0.15) is 0 Å². The minimum atomic E-state index is -0.0570. The van der Waals surface area contributed by atoms with Gasteiger partial charge in [-0.15, -0.1) is 0 Å².